The summed E-state index contributed by atoms with van der Waals surface area (Å²) in [5, 5.41) is 2.65. The lowest BCUT2D eigenvalue weighted by molar-refractivity contribution is -0.989. The number of nitrogens with zero attached hydrogens (tertiary/aromatic N) is 5. The zero-order valence-electron chi connectivity index (χ0n) is 26.9. The van der Waals surface area contributed by atoms with Gasteiger partial charge in [0.2, 0.25) is 5.69 Å². The van der Waals surface area contributed by atoms with E-state index in [0.29, 0.717) is 0 Å². The number of hydrogen-bond acceptors (Lipinski definition) is 1. The van der Waals surface area contributed by atoms with Gasteiger partial charge in [0.05, 0.1) is 34.3 Å². The van der Waals surface area contributed by atoms with Crippen LogP contribution in [-0.4, -0.2) is 9.25 Å². The quantitative estimate of drug-likeness (QED) is 0.164. The summed E-state index contributed by atoms with van der Waals surface area (Å²) in [4.78, 5) is 2.63. The average Bonchev–Trinajstić information content (AvgIpc) is 3.66. The molecule has 0 fully saturated rings. The van der Waals surface area contributed by atoms with Gasteiger partial charge in [-0.3, -0.25) is 0 Å². The molecule has 5 heteroatoms. The first-order valence-corrected chi connectivity index (χ1v) is 16.6. The van der Waals surface area contributed by atoms with Crippen molar-refractivity contribution in [1.29, 1.82) is 0 Å². The molecule has 0 aliphatic carbocycles. The molecule has 1 atom stereocenters. The lowest BCUT2D eigenvalue weighted by Gasteiger charge is -2.48. The minimum absolute atomic E-state index is 0.159. The Morgan fingerprint density at radius 3 is 2.15 bits per heavy atom. The summed E-state index contributed by atoms with van der Waals surface area (Å²) in [5.74, 6) is 0. The van der Waals surface area contributed by atoms with Crippen LogP contribution in [0.1, 0.15) is 72.5 Å². The fourth-order valence-corrected chi connectivity index (χ4v) is 10.7. The maximum atomic E-state index is 2.64. The van der Waals surface area contributed by atoms with Crippen LogP contribution in [0.3, 0.4) is 0 Å². The van der Waals surface area contributed by atoms with Gasteiger partial charge in [0.1, 0.15) is 22.3 Å². The van der Waals surface area contributed by atoms with Gasteiger partial charge >= 0.3 is 11.3 Å². The number of aromatic nitrogens is 4. The Bertz CT molecular complexity index is 2680. The number of aryl methyl sites for hydroxylation is 2. The molecule has 12 rings (SSSR count). The summed E-state index contributed by atoms with van der Waals surface area (Å²) in [6.45, 7) is 14.2. The van der Waals surface area contributed by atoms with Gasteiger partial charge < -0.3 is 4.90 Å². The molecule has 3 aromatic heterocycles. The van der Waals surface area contributed by atoms with Crippen molar-refractivity contribution >= 4 is 39.0 Å². The minimum atomic E-state index is -0.601. The highest BCUT2D eigenvalue weighted by molar-refractivity contribution is 6.11. The van der Waals surface area contributed by atoms with E-state index in [1.54, 1.807) is 0 Å². The molecule has 220 valence electrons. The van der Waals surface area contributed by atoms with Crippen LogP contribution in [0.5, 0.6) is 0 Å². The molecule has 0 amide bonds. The molecule has 7 aromatic rings. The molecule has 0 radical (unpaired) electrons. The van der Waals surface area contributed by atoms with Gasteiger partial charge in [-0.25, -0.2) is 0 Å². The van der Waals surface area contributed by atoms with E-state index in [-0.39, 0.29) is 10.8 Å². The Morgan fingerprint density at radius 2 is 1.30 bits per heavy atom. The molecule has 0 saturated heterocycles. The van der Waals surface area contributed by atoms with Gasteiger partial charge in [-0.15, -0.1) is 4.68 Å². The van der Waals surface area contributed by atoms with E-state index in [4.69, 9.17) is 0 Å². The largest absolute Gasteiger partial charge is 0.394 e. The molecule has 4 aromatic carbocycles. The van der Waals surface area contributed by atoms with Crippen LogP contribution >= 0.6 is 0 Å². The van der Waals surface area contributed by atoms with Crippen molar-refractivity contribution in [2.24, 2.45) is 0 Å². The number of fused-ring (bicyclic) bond motifs is 6. The van der Waals surface area contributed by atoms with Crippen molar-refractivity contribution in [3.8, 4) is 11.4 Å². The van der Waals surface area contributed by atoms with Crippen LogP contribution in [0.15, 0.2) is 91.1 Å². The fourth-order valence-electron chi connectivity index (χ4n) is 10.7. The van der Waals surface area contributed by atoms with Crippen molar-refractivity contribution in [2.45, 2.75) is 58.0 Å². The summed E-state index contributed by atoms with van der Waals surface area (Å²) in [6.07, 6.45) is 2.36. The molecule has 46 heavy (non-hydrogen) atoms. The first kappa shape index (κ1) is 24.1. The first-order chi connectivity index (χ1) is 22.2. The molecule has 1 spiro atoms. The van der Waals surface area contributed by atoms with Crippen LogP contribution in [0, 0.1) is 13.8 Å². The highest BCUT2D eigenvalue weighted by Gasteiger charge is 2.71. The van der Waals surface area contributed by atoms with E-state index in [1.165, 1.54) is 95.1 Å². The number of pyridine rings is 1. The maximum Gasteiger partial charge on any atom is 0.394 e. The highest BCUT2D eigenvalue weighted by Crippen LogP contribution is 2.64. The fraction of sp³-hybridized carbons (Fsp3) is 0.220. The van der Waals surface area contributed by atoms with E-state index in [9.17, 15) is 0 Å². The summed E-state index contributed by atoms with van der Waals surface area (Å²) >= 11 is 0. The second-order valence-electron chi connectivity index (χ2n) is 15.2. The molecular weight excluding hydrogens is 562 g/mol. The second-order valence-corrected chi connectivity index (χ2v) is 15.2. The van der Waals surface area contributed by atoms with Crippen molar-refractivity contribution in [1.82, 2.24) is 9.25 Å². The third-order valence-corrected chi connectivity index (χ3v) is 12.4. The van der Waals surface area contributed by atoms with Crippen molar-refractivity contribution in [2.75, 3.05) is 4.90 Å². The van der Waals surface area contributed by atoms with Gasteiger partial charge in [-0.05, 0) is 54.4 Å². The molecule has 0 saturated carbocycles. The summed E-state index contributed by atoms with van der Waals surface area (Å²) in [7, 11) is 0. The van der Waals surface area contributed by atoms with Crippen LogP contribution in [0.25, 0.3) is 33.3 Å². The normalized spacial score (nSPS) is 20.3. The third kappa shape index (κ3) is 2.07. The van der Waals surface area contributed by atoms with Gasteiger partial charge in [0.15, 0.2) is 5.69 Å². The van der Waals surface area contributed by atoms with Gasteiger partial charge in [-0.2, -0.15) is 9.13 Å². The van der Waals surface area contributed by atoms with E-state index < -0.39 is 5.66 Å². The molecular formula is C41H33N5+2. The predicted octanol–water partition coefficient (Wildman–Crippen LogP) is 7.75. The number of para-hydroxylation sites is 2. The van der Waals surface area contributed by atoms with Crippen molar-refractivity contribution in [3.63, 3.8) is 0 Å². The molecule has 0 bridgehead atoms. The van der Waals surface area contributed by atoms with E-state index in [0.717, 1.165) is 0 Å². The monoisotopic (exact) mass is 595 g/mol. The Labute approximate surface area is 267 Å². The van der Waals surface area contributed by atoms with E-state index >= 15 is 0 Å². The number of rotatable bonds is 0. The second kappa shape index (κ2) is 6.82. The number of anilines is 3. The smallest absolute Gasteiger partial charge is 0.308 e. The van der Waals surface area contributed by atoms with Crippen LogP contribution in [0.4, 0.5) is 17.1 Å². The van der Waals surface area contributed by atoms with Gasteiger partial charge in [-0.1, -0.05) is 74.8 Å². The Morgan fingerprint density at radius 1 is 0.609 bits per heavy atom. The Balaban J connectivity index is 1.44. The van der Waals surface area contributed by atoms with Crippen molar-refractivity contribution in [3.05, 3.63) is 136 Å². The molecule has 5 aliphatic rings. The zero-order chi connectivity index (χ0) is 30.8. The van der Waals surface area contributed by atoms with Crippen molar-refractivity contribution < 1.29 is 9.25 Å². The molecule has 8 heterocycles. The Hall–Kier alpha value is -5.16. The molecule has 5 nitrogen and oxygen atoms in total. The predicted molar refractivity (Wildman–Crippen MR) is 180 cm³/mol. The summed E-state index contributed by atoms with van der Waals surface area (Å²) < 4.78 is 10.4. The van der Waals surface area contributed by atoms with Crippen LogP contribution < -0.4 is 14.1 Å². The van der Waals surface area contributed by atoms with Crippen LogP contribution in [0.2, 0.25) is 0 Å². The first-order valence-electron chi connectivity index (χ1n) is 16.6. The van der Waals surface area contributed by atoms with Gasteiger partial charge in [0, 0.05) is 40.3 Å². The standard InChI is InChI=1S/C41H33N5/c1-22-21-23(2)46-41-33-31(43-30-15-8-7-13-26(30)39(3,4)28-17-19-32(45(22)46)34(41)36(28)43)18-16-29-37(33)44-35-24(11-9-14-27(35)40(29,5)6)25-12-10-20-42(41)38(25)44/h7-21H,1-6H3/q+2. The number of hydrogen-bond donors (Lipinski definition) is 0. The average molecular weight is 596 g/mol. The molecule has 5 aliphatic heterocycles. The lowest BCUT2D eigenvalue weighted by atomic mass is 9.67. The van der Waals surface area contributed by atoms with E-state index in [2.05, 4.69) is 156 Å². The maximum absolute atomic E-state index is 2.64. The Kier molecular flexibility index (Phi) is 3.58. The topological polar surface area (TPSA) is 20.9 Å². The zero-order valence-corrected chi connectivity index (χ0v) is 26.9. The summed E-state index contributed by atoms with van der Waals surface area (Å²) in [5.41, 5.74) is 19.1. The third-order valence-electron chi connectivity index (χ3n) is 12.4. The lowest BCUT2D eigenvalue weighted by Crippen LogP contribution is -2.77. The highest BCUT2D eigenvalue weighted by atomic mass is 15.5. The van der Waals surface area contributed by atoms with Gasteiger partial charge in [0.25, 0.3) is 0 Å². The minimum Gasteiger partial charge on any atom is -0.308 e. The molecule has 0 N–H and O–H groups in total. The SMILES string of the molecule is Cc1cc(C)[n+]2n1-c1ccc3c4c1C21c2c(ccc5c2-n2c6c(cccc6c6ccc[n+]1c62)C5(C)C)N4c1ccccc1C3(C)C. The molecule has 1 unspecified atom stereocenters. The summed E-state index contributed by atoms with van der Waals surface area (Å²) in [6, 6.07) is 32.7. The van der Waals surface area contributed by atoms with E-state index in [1.807, 2.05) is 0 Å². The van der Waals surface area contributed by atoms with Crippen LogP contribution in [-0.2, 0) is 16.5 Å². The number of benzene rings is 4.